The predicted octanol–water partition coefficient (Wildman–Crippen LogP) is 3.98. The molecule has 0 saturated carbocycles. The smallest absolute Gasteiger partial charge is 0.490 e. The zero-order valence-corrected chi connectivity index (χ0v) is 55.1. The number of H-pyrrole nitrogens is 2. The third-order valence-corrected chi connectivity index (χ3v) is 13.6. The topological polar surface area (TPSA) is 237 Å². The van der Waals surface area contributed by atoms with Gasteiger partial charge in [-0.05, 0) is 174 Å². The lowest BCUT2D eigenvalue weighted by Crippen LogP contribution is -2.73. The molecule has 0 unspecified atom stereocenters. The molecule has 455 valence electrons. The number of benzene rings is 3. The largest absolute Gasteiger partial charge is 0.506 e. The van der Waals surface area contributed by atoms with E-state index in [-0.39, 0.29) is 30.6 Å². The molecule has 36 heteroatoms. The van der Waals surface area contributed by atoms with Crippen LogP contribution in [-0.2, 0) is 25.6 Å². The number of aromatic amines is 2. The predicted molar refractivity (Wildman–Crippen MR) is 393 cm³/mol. The van der Waals surface area contributed by atoms with E-state index in [0.29, 0.717) is 23.7 Å². The molecule has 0 spiro atoms. The molecule has 3 aromatic carbocycles. The van der Waals surface area contributed by atoms with Gasteiger partial charge in [-0.25, -0.2) is 14.6 Å². The summed E-state index contributed by atoms with van der Waals surface area (Å²) in [7, 11) is 44.1. The van der Waals surface area contributed by atoms with Crippen molar-refractivity contribution in [3.8, 4) is 39.8 Å². The number of aromatic nitrogens is 5. The first kappa shape index (κ1) is 77.1. The summed E-state index contributed by atoms with van der Waals surface area (Å²) >= 11 is 3.30. The van der Waals surface area contributed by atoms with Gasteiger partial charge in [-0.1, -0.05) is 27.4 Å². The van der Waals surface area contributed by atoms with Crippen LogP contribution in [0.2, 0.25) is 0 Å². The molecule has 0 saturated heterocycles. The van der Waals surface area contributed by atoms with Crippen molar-refractivity contribution in [2.45, 2.75) is 59.3 Å². The second-order valence-corrected chi connectivity index (χ2v) is 23.6. The van der Waals surface area contributed by atoms with Crippen molar-refractivity contribution in [2.24, 2.45) is 0 Å². The van der Waals surface area contributed by atoms with Crippen molar-refractivity contribution < 1.29 is 52.9 Å². The molecule has 19 nitrogen and oxygen atoms in total. The van der Waals surface area contributed by atoms with Crippen LogP contribution in [0.15, 0.2) is 180 Å². The Kier molecular flexibility index (Phi) is 30.4. The first-order chi connectivity index (χ1) is 45.0. The Labute approximate surface area is 577 Å². The summed E-state index contributed by atoms with van der Waals surface area (Å²) in [5.41, 5.74) is 23.2. The first-order valence-electron chi connectivity index (χ1n) is 29.3. The third-order valence-electron chi connectivity index (χ3n) is 13.1. The monoisotopic (exact) mass is 1310 g/mol. The minimum Gasteiger partial charge on any atom is -0.490 e. The molecular weight excluding hydrogens is 1250 g/mol. The molecule has 2 amide bonds. The van der Waals surface area contributed by atoms with Crippen LogP contribution < -0.4 is 35.3 Å². The highest BCUT2D eigenvalue weighted by atomic mass is 79.9. The van der Waals surface area contributed by atoms with Crippen LogP contribution in [0.5, 0.6) is 17.2 Å². The van der Waals surface area contributed by atoms with Crippen LogP contribution in [0, 0.1) is 0 Å². The Balaban J connectivity index is 0.000000212. The van der Waals surface area contributed by atoms with Crippen molar-refractivity contribution in [2.75, 3.05) is 41.9 Å². The fraction of sp³-hybridized carbons (Fsp3) is 0.220. The normalized spacial score (nSPS) is 11.7. The van der Waals surface area contributed by atoms with Gasteiger partial charge in [0.05, 0.1) is 53.5 Å². The highest BCUT2D eigenvalue weighted by Crippen LogP contribution is 2.37. The fourth-order valence-electron chi connectivity index (χ4n) is 9.01. The van der Waals surface area contributed by atoms with Gasteiger partial charge in [0.2, 0.25) is 0 Å². The molecule has 6 N–H and O–H groups in total. The van der Waals surface area contributed by atoms with Gasteiger partial charge in [-0.3, -0.25) is 18.7 Å². The van der Waals surface area contributed by atoms with Gasteiger partial charge >= 0.3 is 19.3 Å². The number of rotatable bonds is 11. The number of hydrogen-bond acceptors (Lipinski definition) is 13. The number of imidazole rings is 1. The second-order valence-electron chi connectivity index (χ2n) is 22.7. The minimum absolute atomic E-state index is 0.0145. The number of halogens is 1. The molecule has 3 aliphatic heterocycles. The van der Waals surface area contributed by atoms with Crippen LogP contribution in [0.4, 0.5) is 26.7 Å². The van der Waals surface area contributed by atoms with Crippen molar-refractivity contribution >= 4 is 177 Å². The van der Waals surface area contributed by atoms with Gasteiger partial charge in [-0.15, -0.1) is 0 Å². The molecule has 95 heavy (non-hydrogen) atoms. The van der Waals surface area contributed by atoms with Crippen LogP contribution in [0.25, 0.3) is 22.5 Å². The van der Waals surface area contributed by atoms with E-state index in [2.05, 4.69) is 118 Å². The summed E-state index contributed by atoms with van der Waals surface area (Å²) in [6.07, 6.45) is 3.74. The van der Waals surface area contributed by atoms with Crippen molar-refractivity contribution in [1.82, 2.24) is 24.1 Å². The highest BCUT2D eigenvalue weighted by Gasteiger charge is 2.37. The summed E-state index contributed by atoms with van der Waals surface area (Å²) in [5.74, 6) is 1.97. The zero-order valence-electron chi connectivity index (χ0n) is 53.5. The van der Waals surface area contributed by atoms with Gasteiger partial charge in [0.25, 0.3) is 11.8 Å². The first-order valence-corrected chi connectivity index (χ1v) is 30.1. The second kappa shape index (κ2) is 37.5. The number of nitrogens with zero attached hydrogens (tertiary/aromatic N) is 4. The van der Waals surface area contributed by atoms with Gasteiger partial charge < -0.3 is 59.2 Å². The van der Waals surface area contributed by atoms with Gasteiger partial charge in [0.15, 0.2) is 13.2 Å². The number of carbonyl (C=O) groups excluding carboxylic acids is 4. The lowest BCUT2D eigenvalue weighted by Gasteiger charge is -2.35. The molecule has 7 aromatic rings. The summed E-state index contributed by atoms with van der Waals surface area (Å²) in [6.45, 7) is 19.7. The maximum atomic E-state index is 12.3. The number of amides is 2. The average molecular weight is 1310 g/mol. The van der Waals surface area contributed by atoms with E-state index in [1.807, 2.05) is 75.6 Å². The number of ether oxygens (including phenoxy) is 5. The zero-order chi connectivity index (χ0) is 70.0. The molecule has 10 rings (SSSR count). The summed E-state index contributed by atoms with van der Waals surface area (Å²) < 4.78 is 30.2. The number of nitrogens with one attached hydrogen (secondary N) is 4. The minimum atomic E-state index is -1.69. The van der Waals surface area contributed by atoms with E-state index in [9.17, 15) is 19.2 Å². The van der Waals surface area contributed by atoms with Gasteiger partial charge in [0, 0.05) is 153 Å². The molecule has 3 aliphatic rings. The fourth-order valence-corrected chi connectivity index (χ4v) is 9.37. The summed E-state index contributed by atoms with van der Waals surface area (Å²) in [5, 5.41) is 23.4. The number of fused-ring (bicyclic) bond motifs is 3. The SMILES string of the molecule is C=C=C=C=C=C=C=C=C.CC(C)(C)OC(=O)n1cccc1-c1ccc2c(c1)NC(=O)CO2.CC(C)(C)OC(=O)n1cccc1B(O)O.O=C1COc2ccc(Br)cc2N1.[B][B]B([B])B(B([B])[B])B(B([B])[B])B([B])[B].c1c[nH]c(-c2ccc3c(c2)N(Cc2cnc[nH]2)CCO3)c1. The molecule has 0 bridgehead atoms. The quantitative estimate of drug-likeness (QED) is 0.0796. The number of anilines is 3. The molecule has 0 aliphatic carbocycles. The van der Waals surface area contributed by atoms with E-state index in [4.69, 9.17) is 95.6 Å². The molecular formula is C59H58B16BrN8O11. The van der Waals surface area contributed by atoms with Crippen LogP contribution >= 0.6 is 15.9 Å². The maximum absolute atomic E-state index is 12.3. The van der Waals surface area contributed by atoms with E-state index in [1.165, 1.54) is 29.5 Å². The van der Waals surface area contributed by atoms with Crippen molar-refractivity contribution in [1.29, 1.82) is 0 Å². The third kappa shape index (κ3) is 24.9. The van der Waals surface area contributed by atoms with Crippen molar-refractivity contribution in [3.05, 3.63) is 186 Å². The summed E-state index contributed by atoms with van der Waals surface area (Å²) in [4.78, 5) is 59.0. The van der Waals surface area contributed by atoms with E-state index >= 15 is 0 Å². The van der Waals surface area contributed by atoms with Crippen LogP contribution in [0.1, 0.15) is 47.2 Å². The highest BCUT2D eigenvalue weighted by molar-refractivity contribution is 9.10. The Morgan fingerprint density at radius 2 is 1.23 bits per heavy atom. The molecule has 7 heterocycles. The molecule has 17 radical (unpaired) electrons. The standard InChI is InChI=1S/C17H18N2O4.C16H16N4O.C9H14BNO4.C9H4.C8H6BrNO2.B15/c1-17(2,3)23-16(21)19-8-4-5-13(19)11-6-7-14-12(9-11)18-15(20)10-22-14;1-2-14(18-5-1)12-3-4-16-15(8-12)20(6-7-21-16)10-13-9-17-11-19-13;1-9(2,3)15-8(12)11-6-4-5-7(11)10(13)14;1-3-5-7-9-8-6-4-2;9-5-1-2-7-6(3-5)10-8(11)4-12-7;1-9-13(8)15(12(6)7)14(10(2)3)11(4)5/h4-9H,10H2,1-3H3,(H,18,20);1-5,8-9,11,18H,6-7,10H2,(H,17,19);4-6,13-14H,1-3H3;1-2H2;1-3H,4H2,(H,10,11);. The van der Waals surface area contributed by atoms with Crippen LogP contribution in [-0.4, -0.2) is 210 Å². The Morgan fingerprint density at radius 1 is 0.684 bits per heavy atom. The van der Waals surface area contributed by atoms with Gasteiger partial charge in [-0.2, -0.15) is 0 Å². The average Bonchev–Trinajstić information content (AvgIpc) is 1.75. The lowest BCUT2D eigenvalue weighted by molar-refractivity contribution is -0.119. The number of carbonyl (C=O) groups is 4. The Bertz CT molecular complexity index is 3930. The van der Waals surface area contributed by atoms with Crippen molar-refractivity contribution in [3.63, 3.8) is 0 Å². The molecule has 0 fully saturated rings. The molecule has 0 atom stereocenters. The van der Waals surface area contributed by atoms with E-state index in [0.717, 1.165) is 62.0 Å². The van der Waals surface area contributed by atoms with Gasteiger partial charge in [0.1, 0.15) is 35.1 Å². The van der Waals surface area contributed by atoms with E-state index in [1.54, 1.807) is 57.6 Å². The molecule has 4 aromatic heterocycles. The number of hydrogen-bond donors (Lipinski definition) is 6. The Hall–Kier alpha value is -8.57. The summed E-state index contributed by atoms with van der Waals surface area (Å²) in [6, 6.07) is 27.9. The lowest BCUT2D eigenvalue weighted by atomic mass is 8.46. The van der Waals surface area contributed by atoms with Crippen LogP contribution in [0.3, 0.4) is 0 Å². The maximum Gasteiger partial charge on any atom is 0.506 e. The van der Waals surface area contributed by atoms with E-state index < -0.39 is 68.8 Å². The Morgan fingerprint density at radius 3 is 1.77 bits per heavy atom.